The van der Waals surface area contributed by atoms with E-state index in [2.05, 4.69) is 34.7 Å². The maximum Gasteiger partial charge on any atom is 0.338 e. The standard InChI is InChI=1S/C51H68N4O11/c1-26(2)25-55-22-20-51(21-23-55)53-38-35-36-43(58)32(8)46-37(35)47(60)50(9,66-46)64-24-19-34(63-10)29(5)45(65-49(62)33-17-12-11-13-18-33)31(7)42(57)30(6)41(56)27(3)15-14-16-28(4)48(61)52-40(44(36)59)39(38)54-51/h11-14,16-19,24,26-31,34,41-42,45,53-54,56-59H,15,20-23,25H2,1-10H3,(H,52,61)/b16-14+,24-19+/t27-,28+,29+,30+,31+,34-,41-,42+,45+,50-/m0/s1. The van der Waals surface area contributed by atoms with Crippen LogP contribution in [-0.4, -0.2) is 106 Å². The Bertz CT molecular complexity index is 2380. The van der Waals surface area contributed by atoms with Gasteiger partial charge in [-0.1, -0.05) is 78.8 Å². The lowest BCUT2D eigenvalue weighted by molar-refractivity contribution is -0.118. The van der Waals surface area contributed by atoms with Crippen LogP contribution < -0.4 is 20.7 Å². The molecule has 3 aromatic rings. The number of carbonyl (C=O) groups is 3. The molecule has 1 spiro atoms. The van der Waals surface area contributed by atoms with Gasteiger partial charge in [0.05, 0.1) is 58.4 Å². The number of nitrogens with zero attached hydrogens (tertiary/aromatic N) is 1. The third-order valence-electron chi connectivity index (χ3n) is 14.3. The number of aromatic hydroxyl groups is 2. The summed E-state index contributed by atoms with van der Waals surface area (Å²) in [6.45, 7) is 18.8. The van der Waals surface area contributed by atoms with E-state index < -0.39 is 82.9 Å². The number of ketones is 1. The Hall–Kier alpha value is -5.35. The number of aliphatic hydroxyl groups excluding tert-OH is 2. The van der Waals surface area contributed by atoms with Gasteiger partial charge in [-0.25, -0.2) is 4.79 Å². The summed E-state index contributed by atoms with van der Waals surface area (Å²) < 4.78 is 24.7. The Morgan fingerprint density at radius 1 is 0.894 bits per heavy atom. The van der Waals surface area contributed by atoms with Gasteiger partial charge < -0.3 is 60.2 Å². The highest BCUT2D eigenvalue weighted by Crippen LogP contribution is 2.59. The molecule has 8 rings (SSSR count). The van der Waals surface area contributed by atoms with E-state index in [9.17, 15) is 34.8 Å². The first-order valence-electron chi connectivity index (χ1n) is 23.3. The largest absolute Gasteiger partial charge is 0.507 e. The van der Waals surface area contributed by atoms with Gasteiger partial charge in [0, 0.05) is 75.2 Å². The molecule has 66 heavy (non-hydrogen) atoms. The molecule has 15 nitrogen and oxygen atoms in total. The number of phenols is 2. The third kappa shape index (κ3) is 9.06. The predicted octanol–water partition coefficient (Wildman–Crippen LogP) is 7.71. The fraction of sp³-hybridized carbons (Fsp3) is 0.549. The number of Topliss-reactive ketones (excluding diaryl/α,β-unsaturated/α-hetero) is 1. The molecule has 0 aliphatic carbocycles. The Labute approximate surface area is 387 Å². The molecule has 5 heterocycles. The number of nitrogens with one attached hydrogen (secondary N) is 3. The molecular weight excluding hydrogens is 845 g/mol. The zero-order valence-electron chi connectivity index (χ0n) is 39.8. The summed E-state index contributed by atoms with van der Waals surface area (Å²) in [5.41, 5.74) is 0.749. The molecule has 0 unspecified atom stereocenters. The van der Waals surface area contributed by atoms with Crippen LogP contribution in [0.2, 0.25) is 0 Å². The average molecular weight is 913 g/mol. The van der Waals surface area contributed by atoms with Crippen LogP contribution in [0.1, 0.15) is 101 Å². The number of methoxy groups -OCH3 is 1. The van der Waals surface area contributed by atoms with E-state index in [0.717, 1.165) is 19.6 Å². The third-order valence-corrected chi connectivity index (χ3v) is 14.3. The minimum atomic E-state index is -1.95. The molecule has 1 saturated heterocycles. The van der Waals surface area contributed by atoms with Crippen LogP contribution in [0.15, 0.2) is 54.8 Å². The number of aliphatic hydroxyl groups is 2. The molecule has 0 saturated carbocycles. The number of fused-ring (bicyclic) bond motifs is 14. The Balaban J connectivity index is 1.33. The molecule has 1 fully saturated rings. The van der Waals surface area contributed by atoms with E-state index in [1.807, 2.05) is 19.9 Å². The number of phenolic OH excluding ortho intramolecular Hbond substituents is 2. The summed E-state index contributed by atoms with van der Waals surface area (Å²) in [6, 6.07) is 8.52. The van der Waals surface area contributed by atoms with Crippen LogP contribution in [-0.2, 0) is 19.0 Å². The van der Waals surface area contributed by atoms with E-state index >= 15 is 0 Å². The highest BCUT2D eigenvalue weighted by molar-refractivity contribution is 6.26. The summed E-state index contributed by atoms with van der Waals surface area (Å²) >= 11 is 0. The Kier molecular flexibility index (Phi) is 14.1. The monoisotopic (exact) mass is 912 g/mol. The number of allylic oxidation sites excluding steroid dienone is 1. The molecule has 358 valence electrons. The molecule has 10 atom stereocenters. The van der Waals surface area contributed by atoms with Crippen molar-refractivity contribution < 1.29 is 53.8 Å². The van der Waals surface area contributed by atoms with Gasteiger partial charge in [0.1, 0.15) is 29.0 Å². The Morgan fingerprint density at radius 3 is 2.21 bits per heavy atom. The summed E-state index contributed by atoms with van der Waals surface area (Å²) in [4.78, 5) is 45.0. The fourth-order valence-corrected chi connectivity index (χ4v) is 10.2. The van der Waals surface area contributed by atoms with Crippen molar-refractivity contribution >= 4 is 45.5 Å². The topological polar surface area (TPSA) is 208 Å². The van der Waals surface area contributed by atoms with Crippen LogP contribution >= 0.6 is 0 Å². The van der Waals surface area contributed by atoms with Gasteiger partial charge in [0.15, 0.2) is 5.75 Å². The van der Waals surface area contributed by atoms with E-state index in [0.29, 0.717) is 42.1 Å². The van der Waals surface area contributed by atoms with Gasteiger partial charge in [-0.15, -0.1) is 0 Å². The summed E-state index contributed by atoms with van der Waals surface area (Å²) in [6.07, 6.45) is 4.24. The zero-order valence-corrected chi connectivity index (χ0v) is 39.8. The number of benzene rings is 3. The molecule has 5 aliphatic heterocycles. The van der Waals surface area contributed by atoms with Crippen molar-refractivity contribution in [2.75, 3.05) is 42.7 Å². The summed E-state index contributed by atoms with van der Waals surface area (Å²) in [5, 5.41) is 58.1. The SMILES string of the molecule is CO[C@H]1/C=C/O[C@@]2(C)Oc3c(C)c(O)c4c(O)c(c5c(c4c3C2=O)NC2(CCN(CC(C)C)CC2)N5)NC(=O)[C@H](C)/C=C/C[C@H](C)[C@H](O)[C@@H](C)[C@@H](O)[C@@H](C)[C@H](OC(=O)c2ccccc2)[C@@H]1C. The number of hydrogen-bond donors (Lipinski definition) is 7. The number of esters is 1. The first-order chi connectivity index (χ1) is 31.2. The molecule has 0 aromatic heterocycles. The quantitative estimate of drug-likeness (QED) is 0.0567. The van der Waals surface area contributed by atoms with Crippen molar-refractivity contribution in [3.8, 4) is 17.2 Å². The highest BCUT2D eigenvalue weighted by Gasteiger charge is 2.51. The Morgan fingerprint density at radius 2 is 1.56 bits per heavy atom. The van der Waals surface area contributed by atoms with E-state index in [-0.39, 0.29) is 45.0 Å². The molecule has 1 amide bonds. The van der Waals surface area contributed by atoms with E-state index in [1.54, 1.807) is 70.2 Å². The second-order valence-electron chi connectivity index (χ2n) is 19.7. The number of carbonyl (C=O) groups excluding carboxylic acids is 3. The number of piperidine rings is 1. The number of anilines is 3. The van der Waals surface area contributed by atoms with Crippen molar-refractivity contribution in [1.29, 1.82) is 0 Å². The fourth-order valence-electron chi connectivity index (χ4n) is 10.2. The van der Waals surface area contributed by atoms with Gasteiger partial charge in [-0.3, -0.25) is 9.59 Å². The second-order valence-corrected chi connectivity index (χ2v) is 19.7. The number of amides is 1. The van der Waals surface area contributed by atoms with Gasteiger partial charge in [0.25, 0.3) is 5.78 Å². The molecule has 3 aromatic carbocycles. The first-order valence-corrected chi connectivity index (χ1v) is 23.3. The number of likely N-dealkylation sites (tertiary alicyclic amines) is 1. The van der Waals surface area contributed by atoms with Crippen molar-refractivity contribution in [1.82, 2.24) is 4.90 Å². The van der Waals surface area contributed by atoms with Crippen molar-refractivity contribution in [3.63, 3.8) is 0 Å². The number of rotatable bonds is 5. The van der Waals surface area contributed by atoms with Crippen molar-refractivity contribution in [2.45, 2.75) is 117 Å². The zero-order chi connectivity index (χ0) is 48.0. The maximum atomic E-state index is 14.9. The van der Waals surface area contributed by atoms with Crippen molar-refractivity contribution in [3.05, 3.63) is 71.5 Å². The maximum absolute atomic E-state index is 14.9. The van der Waals surface area contributed by atoms with Crippen LogP contribution in [0.4, 0.5) is 17.1 Å². The summed E-state index contributed by atoms with van der Waals surface area (Å²) in [7, 11) is 1.48. The molecule has 5 bridgehead atoms. The minimum absolute atomic E-state index is 0.0316. The van der Waals surface area contributed by atoms with Crippen LogP contribution in [0, 0.1) is 42.4 Å². The van der Waals surface area contributed by atoms with Crippen LogP contribution in [0.5, 0.6) is 17.2 Å². The molecular formula is C51H68N4O11. The minimum Gasteiger partial charge on any atom is -0.507 e. The second kappa shape index (κ2) is 19.1. The van der Waals surface area contributed by atoms with Crippen molar-refractivity contribution in [2.24, 2.45) is 35.5 Å². The molecule has 7 N–H and O–H groups in total. The van der Waals surface area contributed by atoms with Crippen LogP contribution in [0.25, 0.3) is 10.8 Å². The first kappa shape index (κ1) is 48.6. The predicted molar refractivity (Wildman–Crippen MR) is 253 cm³/mol. The van der Waals surface area contributed by atoms with Gasteiger partial charge >= 0.3 is 11.8 Å². The molecule has 15 heteroatoms. The molecule has 0 radical (unpaired) electrons. The normalized spacial score (nSPS) is 31.4. The number of ether oxygens (including phenoxy) is 4. The van der Waals surface area contributed by atoms with Gasteiger partial charge in [0.2, 0.25) is 5.91 Å². The summed E-state index contributed by atoms with van der Waals surface area (Å²) in [5.74, 6) is -6.80. The van der Waals surface area contributed by atoms with Crippen LogP contribution in [0.3, 0.4) is 0 Å². The van der Waals surface area contributed by atoms with E-state index in [1.165, 1.54) is 20.3 Å². The smallest absolute Gasteiger partial charge is 0.338 e. The highest BCUT2D eigenvalue weighted by atomic mass is 16.7. The van der Waals surface area contributed by atoms with Gasteiger partial charge in [-0.05, 0) is 43.4 Å². The molecule has 5 aliphatic rings. The number of hydrogen-bond acceptors (Lipinski definition) is 14. The lowest BCUT2D eigenvalue weighted by Crippen LogP contribution is -2.52. The lowest BCUT2D eigenvalue weighted by Gasteiger charge is -2.40. The van der Waals surface area contributed by atoms with E-state index in [4.69, 9.17) is 18.9 Å². The average Bonchev–Trinajstić information content (AvgIpc) is 3.79. The van der Waals surface area contributed by atoms with Gasteiger partial charge in [-0.2, -0.15) is 0 Å². The lowest BCUT2D eigenvalue weighted by atomic mass is 9.78.